The number of nitrogens with one attached hydrogen (secondary N) is 2. The number of rotatable bonds is 6. The van der Waals surface area contributed by atoms with Gasteiger partial charge in [0.1, 0.15) is 5.82 Å². The number of hydroxylamine groups is 1. The second kappa shape index (κ2) is 10.0. The lowest BCUT2D eigenvalue weighted by Gasteiger charge is -2.36. The molecule has 1 aliphatic rings. The van der Waals surface area contributed by atoms with Crippen molar-refractivity contribution < 1.29 is 14.4 Å². The molecule has 0 bridgehead atoms. The summed E-state index contributed by atoms with van der Waals surface area (Å²) in [5.41, 5.74) is 4.59. The van der Waals surface area contributed by atoms with Gasteiger partial charge in [0.15, 0.2) is 0 Å². The van der Waals surface area contributed by atoms with E-state index in [9.17, 15) is 9.18 Å². The minimum Gasteiger partial charge on any atom is -0.324 e. The third-order valence-corrected chi connectivity index (χ3v) is 5.99. The number of piperazine rings is 1. The number of benzene rings is 2. The Morgan fingerprint density at radius 3 is 2.48 bits per heavy atom. The highest BCUT2D eigenvalue weighted by Gasteiger charge is 2.22. The highest BCUT2D eigenvalue weighted by atomic mass is 19.1. The highest BCUT2D eigenvalue weighted by molar-refractivity contribution is 5.93. The lowest BCUT2D eigenvalue weighted by Crippen LogP contribution is -2.45. The third kappa shape index (κ3) is 5.33. The fourth-order valence-electron chi connectivity index (χ4n) is 3.92. The third-order valence-electron chi connectivity index (χ3n) is 5.99. The summed E-state index contributed by atoms with van der Waals surface area (Å²) in [6.45, 7) is 5.85. The number of amides is 1. The Labute approximate surface area is 192 Å². The topological polar surface area (TPSA) is 93.6 Å². The van der Waals surface area contributed by atoms with Crippen molar-refractivity contribution in [3.63, 3.8) is 0 Å². The van der Waals surface area contributed by atoms with Crippen LogP contribution < -0.4 is 10.8 Å². The molecule has 1 amide bonds. The number of likely N-dealkylation sites (N-methyl/N-ethyl adjacent to an activating group) is 1. The van der Waals surface area contributed by atoms with E-state index in [1.165, 1.54) is 6.07 Å². The molecule has 172 valence electrons. The number of halogens is 1. The van der Waals surface area contributed by atoms with Gasteiger partial charge in [0.2, 0.25) is 5.95 Å². The van der Waals surface area contributed by atoms with Crippen molar-refractivity contribution in [2.45, 2.75) is 13.0 Å². The molecule has 1 atom stereocenters. The molecule has 2 aromatic carbocycles. The zero-order chi connectivity index (χ0) is 23.4. The van der Waals surface area contributed by atoms with Crippen LogP contribution >= 0.6 is 0 Å². The Kier molecular flexibility index (Phi) is 6.93. The molecule has 1 aliphatic heterocycles. The van der Waals surface area contributed by atoms with Gasteiger partial charge in [0.05, 0.1) is 5.69 Å². The Bertz CT molecular complexity index is 1120. The van der Waals surface area contributed by atoms with Crippen molar-refractivity contribution in [3.05, 3.63) is 71.7 Å². The van der Waals surface area contributed by atoms with Gasteiger partial charge in [-0.25, -0.2) is 19.8 Å². The van der Waals surface area contributed by atoms with E-state index in [0.29, 0.717) is 28.5 Å². The Balaban J connectivity index is 1.47. The standard InChI is InChI=1S/C24H27FN6O2/c1-16(31-13-11-30(2)12-14-31)20-8-7-19(15-21(20)25)27-24-26-10-9-22(28-24)17-3-5-18(6-4-17)23(32)29-33/h3-10,15-16,33H,11-14H2,1-2H3,(H,29,32)(H,26,27,28). The van der Waals surface area contributed by atoms with Crippen molar-refractivity contribution in [2.24, 2.45) is 0 Å². The molecule has 0 aliphatic carbocycles. The summed E-state index contributed by atoms with van der Waals surface area (Å²) >= 11 is 0. The summed E-state index contributed by atoms with van der Waals surface area (Å²) < 4.78 is 14.9. The van der Waals surface area contributed by atoms with Crippen LogP contribution in [-0.4, -0.2) is 64.1 Å². The molecule has 1 aromatic heterocycles. The van der Waals surface area contributed by atoms with E-state index in [1.54, 1.807) is 42.0 Å². The molecular weight excluding hydrogens is 423 g/mol. The number of aromatic nitrogens is 2. The van der Waals surface area contributed by atoms with Crippen LogP contribution in [0.5, 0.6) is 0 Å². The summed E-state index contributed by atoms with van der Waals surface area (Å²) in [6, 6.07) is 13.5. The average Bonchev–Trinajstić information content (AvgIpc) is 2.84. The first kappa shape index (κ1) is 22.8. The first-order valence-electron chi connectivity index (χ1n) is 10.8. The molecule has 1 unspecified atom stereocenters. The van der Waals surface area contributed by atoms with Gasteiger partial charge in [-0.3, -0.25) is 14.9 Å². The predicted molar refractivity (Wildman–Crippen MR) is 124 cm³/mol. The minimum atomic E-state index is -0.584. The van der Waals surface area contributed by atoms with E-state index < -0.39 is 5.91 Å². The fourth-order valence-corrected chi connectivity index (χ4v) is 3.92. The quantitative estimate of drug-likeness (QED) is 0.391. The van der Waals surface area contributed by atoms with E-state index in [1.807, 2.05) is 19.1 Å². The van der Waals surface area contributed by atoms with Crippen molar-refractivity contribution in [2.75, 3.05) is 38.5 Å². The minimum absolute atomic E-state index is 0.00298. The van der Waals surface area contributed by atoms with Crippen LogP contribution in [0, 0.1) is 5.82 Å². The molecule has 0 spiro atoms. The molecule has 1 saturated heterocycles. The van der Waals surface area contributed by atoms with Crippen LogP contribution in [0.4, 0.5) is 16.0 Å². The van der Waals surface area contributed by atoms with E-state index in [0.717, 1.165) is 31.7 Å². The van der Waals surface area contributed by atoms with Gasteiger partial charge in [0.25, 0.3) is 5.91 Å². The second-order valence-corrected chi connectivity index (χ2v) is 8.16. The summed E-state index contributed by atoms with van der Waals surface area (Å²) in [5.74, 6) is -0.511. The van der Waals surface area contributed by atoms with Gasteiger partial charge in [-0.1, -0.05) is 18.2 Å². The molecule has 3 N–H and O–H groups in total. The summed E-state index contributed by atoms with van der Waals surface area (Å²) in [4.78, 5) is 24.8. The van der Waals surface area contributed by atoms with Crippen LogP contribution in [0.2, 0.25) is 0 Å². The Morgan fingerprint density at radius 1 is 1.09 bits per heavy atom. The number of carbonyl (C=O) groups is 1. The van der Waals surface area contributed by atoms with Crippen LogP contribution in [0.3, 0.4) is 0 Å². The maximum Gasteiger partial charge on any atom is 0.274 e. The van der Waals surface area contributed by atoms with E-state index >= 15 is 0 Å². The van der Waals surface area contributed by atoms with E-state index in [-0.39, 0.29) is 11.9 Å². The van der Waals surface area contributed by atoms with Gasteiger partial charge in [0, 0.05) is 60.8 Å². The number of nitrogens with zero attached hydrogens (tertiary/aromatic N) is 4. The van der Waals surface area contributed by atoms with E-state index in [2.05, 4.69) is 32.1 Å². The summed E-state index contributed by atoms with van der Waals surface area (Å²) in [5, 5.41) is 11.8. The van der Waals surface area contributed by atoms with Crippen LogP contribution in [0.25, 0.3) is 11.3 Å². The Hall–Kier alpha value is -3.40. The lowest BCUT2D eigenvalue weighted by atomic mass is 10.0. The molecule has 9 heteroatoms. The molecule has 0 radical (unpaired) electrons. The highest BCUT2D eigenvalue weighted by Crippen LogP contribution is 2.27. The maximum atomic E-state index is 14.9. The zero-order valence-corrected chi connectivity index (χ0v) is 18.6. The number of hydrogen-bond donors (Lipinski definition) is 3. The summed E-state index contributed by atoms with van der Waals surface area (Å²) in [7, 11) is 2.10. The molecule has 0 saturated carbocycles. The molecule has 4 rings (SSSR count). The number of hydrogen-bond acceptors (Lipinski definition) is 7. The molecular formula is C24H27FN6O2. The van der Waals surface area contributed by atoms with Crippen LogP contribution in [-0.2, 0) is 0 Å². The molecule has 2 heterocycles. The number of carbonyl (C=O) groups excluding carboxylic acids is 1. The van der Waals surface area contributed by atoms with Crippen molar-refractivity contribution in [1.82, 2.24) is 25.2 Å². The average molecular weight is 451 g/mol. The fraction of sp³-hybridized carbons (Fsp3) is 0.292. The van der Waals surface area contributed by atoms with E-state index in [4.69, 9.17) is 5.21 Å². The monoisotopic (exact) mass is 450 g/mol. The van der Waals surface area contributed by atoms with Crippen molar-refractivity contribution in [3.8, 4) is 11.3 Å². The predicted octanol–water partition coefficient (Wildman–Crippen LogP) is 3.45. The van der Waals surface area contributed by atoms with Gasteiger partial charge < -0.3 is 10.2 Å². The SMILES string of the molecule is CC(c1ccc(Nc2nccc(-c3ccc(C(=O)NO)cc3)n2)cc1F)N1CCN(C)CC1. The van der Waals surface area contributed by atoms with Crippen molar-refractivity contribution in [1.29, 1.82) is 0 Å². The molecule has 8 nitrogen and oxygen atoms in total. The Morgan fingerprint density at radius 2 is 1.82 bits per heavy atom. The van der Waals surface area contributed by atoms with Gasteiger partial charge in [-0.15, -0.1) is 0 Å². The van der Waals surface area contributed by atoms with Crippen LogP contribution in [0.1, 0.15) is 28.9 Å². The second-order valence-electron chi connectivity index (χ2n) is 8.16. The summed E-state index contributed by atoms with van der Waals surface area (Å²) in [6.07, 6.45) is 1.61. The molecule has 1 fully saturated rings. The van der Waals surface area contributed by atoms with Gasteiger partial charge in [-0.2, -0.15) is 0 Å². The van der Waals surface area contributed by atoms with Crippen LogP contribution in [0.15, 0.2) is 54.7 Å². The molecule has 33 heavy (non-hydrogen) atoms. The van der Waals surface area contributed by atoms with Gasteiger partial charge >= 0.3 is 0 Å². The van der Waals surface area contributed by atoms with Crippen molar-refractivity contribution >= 4 is 17.5 Å². The lowest BCUT2D eigenvalue weighted by molar-refractivity contribution is 0.0706. The molecule has 3 aromatic rings. The van der Waals surface area contributed by atoms with Gasteiger partial charge in [-0.05, 0) is 44.3 Å². The number of anilines is 2. The smallest absolute Gasteiger partial charge is 0.274 e. The first-order valence-corrected chi connectivity index (χ1v) is 10.8. The normalized spacial score (nSPS) is 15.8. The first-order chi connectivity index (χ1) is 15.9. The largest absolute Gasteiger partial charge is 0.324 e. The maximum absolute atomic E-state index is 14.9. The zero-order valence-electron chi connectivity index (χ0n) is 18.6.